The Hall–Kier alpha value is -2.86. The standard InChI is InChI=1S/C24H29N3O3/c1-30-21-12-8-18(9-13-21)22(26-14-2-3-15-26)17-25-24(29)19-6-10-20(11-7-19)27-16-4-5-23(27)28/h6-13,22H,2-5,14-17H2,1H3,(H,25,29)/p+1/t22-/m1/s1. The Labute approximate surface area is 177 Å². The minimum atomic E-state index is -0.0774. The minimum absolute atomic E-state index is 0.0774. The number of hydrogen-bond donors (Lipinski definition) is 2. The predicted molar refractivity (Wildman–Crippen MR) is 116 cm³/mol. The van der Waals surface area contributed by atoms with Crippen LogP contribution in [0.3, 0.4) is 0 Å². The van der Waals surface area contributed by atoms with E-state index in [-0.39, 0.29) is 17.9 Å². The first-order valence-electron chi connectivity index (χ1n) is 10.8. The van der Waals surface area contributed by atoms with E-state index in [9.17, 15) is 9.59 Å². The van der Waals surface area contributed by atoms with E-state index in [1.807, 2.05) is 24.3 Å². The van der Waals surface area contributed by atoms with Crippen LogP contribution in [-0.2, 0) is 4.79 Å². The molecule has 2 saturated heterocycles. The first-order chi connectivity index (χ1) is 14.7. The molecular weight excluding hydrogens is 378 g/mol. The smallest absolute Gasteiger partial charge is 0.251 e. The molecule has 4 rings (SSSR count). The molecule has 2 aromatic rings. The van der Waals surface area contributed by atoms with Gasteiger partial charge in [0.2, 0.25) is 5.91 Å². The molecule has 2 aliphatic heterocycles. The zero-order valence-corrected chi connectivity index (χ0v) is 17.5. The molecule has 2 aliphatic rings. The SMILES string of the molecule is COc1ccc([C@@H](CNC(=O)c2ccc(N3CCCC3=O)cc2)[NH+]2CCCC2)cc1. The van der Waals surface area contributed by atoms with Crippen molar-refractivity contribution in [3.05, 3.63) is 59.7 Å². The fourth-order valence-corrected chi connectivity index (χ4v) is 4.52. The third-order valence-corrected chi connectivity index (χ3v) is 6.24. The van der Waals surface area contributed by atoms with Crippen molar-refractivity contribution in [3.8, 4) is 5.75 Å². The first kappa shape index (κ1) is 20.4. The fraction of sp³-hybridized carbons (Fsp3) is 0.417. The molecule has 0 unspecified atom stereocenters. The van der Waals surface area contributed by atoms with Gasteiger partial charge in [-0.25, -0.2) is 0 Å². The number of nitrogens with one attached hydrogen (secondary N) is 2. The molecule has 0 spiro atoms. The third kappa shape index (κ3) is 4.49. The highest BCUT2D eigenvalue weighted by molar-refractivity contribution is 5.97. The van der Waals surface area contributed by atoms with E-state index in [1.165, 1.54) is 23.3 Å². The van der Waals surface area contributed by atoms with E-state index in [1.54, 1.807) is 24.1 Å². The van der Waals surface area contributed by atoms with E-state index in [0.717, 1.165) is 37.5 Å². The van der Waals surface area contributed by atoms with Gasteiger partial charge in [0.25, 0.3) is 5.91 Å². The minimum Gasteiger partial charge on any atom is -0.497 e. The van der Waals surface area contributed by atoms with Crippen LogP contribution in [0.1, 0.15) is 47.6 Å². The molecule has 30 heavy (non-hydrogen) atoms. The Kier molecular flexibility index (Phi) is 6.33. The van der Waals surface area contributed by atoms with Gasteiger partial charge in [-0.1, -0.05) is 0 Å². The second-order valence-electron chi connectivity index (χ2n) is 8.10. The molecule has 2 aromatic carbocycles. The lowest BCUT2D eigenvalue weighted by Crippen LogP contribution is -3.11. The molecule has 2 amide bonds. The summed E-state index contributed by atoms with van der Waals surface area (Å²) < 4.78 is 5.28. The second kappa shape index (κ2) is 9.30. The topological polar surface area (TPSA) is 63.1 Å². The lowest BCUT2D eigenvalue weighted by atomic mass is 10.0. The van der Waals surface area contributed by atoms with Crippen molar-refractivity contribution in [1.29, 1.82) is 0 Å². The molecule has 0 radical (unpaired) electrons. The molecular formula is C24H30N3O3+. The lowest BCUT2D eigenvalue weighted by Gasteiger charge is -2.25. The normalized spacial score (nSPS) is 17.9. The molecule has 0 aromatic heterocycles. The predicted octanol–water partition coefficient (Wildman–Crippen LogP) is 1.97. The monoisotopic (exact) mass is 408 g/mol. The van der Waals surface area contributed by atoms with Crippen LogP contribution in [0.5, 0.6) is 5.75 Å². The van der Waals surface area contributed by atoms with Crippen LogP contribution in [0.4, 0.5) is 5.69 Å². The quantitative estimate of drug-likeness (QED) is 0.736. The molecule has 2 N–H and O–H groups in total. The van der Waals surface area contributed by atoms with Crippen molar-refractivity contribution in [1.82, 2.24) is 5.32 Å². The zero-order chi connectivity index (χ0) is 20.9. The number of carbonyl (C=O) groups is 2. The molecule has 6 heteroatoms. The molecule has 0 aliphatic carbocycles. The van der Waals surface area contributed by atoms with Crippen LogP contribution in [0, 0.1) is 0 Å². The Morgan fingerprint density at radius 3 is 2.37 bits per heavy atom. The van der Waals surface area contributed by atoms with Gasteiger partial charge in [-0.15, -0.1) is 0 Å². The Balaban J connectivity index is 1.42. The van der Waals surface area contributed by atoms with Gasteiger partial charge in [-0.2, -0.15) is 0 Å². The van der Waals surface area contributed by atoms with Gasteiger partial charge in [-0.3, -0.25) is 9.59 Å². The van der Waals surface area contributed by atoms with Crippen molar-refractivity contribution in [2.24, 2.45) is 0 Å². The number of carbonyl (C=O) groups excluding carboxylic acids is 2. The van der Waals surface area contributed by atoms with Crippen LogP contribution in [0.25, 0.3) is 0 Å². The summed E-state index contributed by atoms with van der Waals surface area (Å²) in [6.07, 6.45) is 3.96. The van der Waals surface area contributed by atoms with Crippen LogP contribution in [-0.4, -0.2) is 45.1 Å². The molecule has 6 nitrogen and oxygen atoms in total. The first-order valence-corrected chi connectivity index (χ1v) is 10.8. The highest BCUT2D eigenvalue weighted by Crippen LogP contribution is 2.22. The molecule has 0 bridgehead atoms. The van der Waals surface area contributed by atoms with E-state index in [0.29, 0.717) is 18.5 Å². The maximum atomic E-state index is 12.8. The number of methoxy groups -OCH3 is 1. The number of nitrogens with zero attached hydrogens (tertiary/aromatic N) is 1. The largest absolute Gasteiger partial charge is 0.497 e. The lowest BCUT2D eigenvalue weighted by molar-refractivity contribution is -0.918. The summed E-state index contributed by atoms with van der Waals surface area (Å²) in [5.74, 6) is 0.920. The van der Waals surface area contributed by atoms with E-state index in [2.05, 4.69) is 17.4 Å². The zero-order valence-electron chi connectivity index (χ0n) is 17.5. The van der Waals surface area contributed by atoms with Gasteiger partial charge < -0.3 is 19.9 Å². The summed E-state index contributed by atoms with van der Waals surface area (Å²) in [7, 11) is 1.67. The van der Waals surface area contributed by atoms with Crippen LogP contribution >= 0.6 is 0 Å². The molecule has 2 fully saturated rings. The van der Waals surface area contributed by atoms with Crippen molar-refractivity contribution in [2.75, 3.05) is 38.2 Å². The fourth-order valence-electron chi connectivity index (χ4n) is 4.52. The van der Waals surface area contributed by atoms with Gasteiger partial charge >= 0.3 is 0 Å². The number of likely N-dealkylation sites (tertiary alicyclic amines) is 1. The summed E-state index contributed by atoms with van der Waals surface area (Å²) in [6, 6.07) is 15.7. The van der Waals surface area contributed by atoms with Gasteiger partial charge in [-0.05, 0) is 55.0 Å². The van der Waals surface area contributed by atoms with Crippen molar-refractivity contribution >= 4 is 17.5 Å². The van der Waals surface area contributed by atoms with E-state index >= 15 is 0 Å². The highest BCUT2D eigenvalue weighted by atomic mass is 16.5. The van der Waals surface area contributed by atoms with Crippen LogP contribution in [0.15, 0.2) is 48.5 Å². The average molecular weight is 409 g/mol. The van der Waals surface area contributed by atoms with Crippen molar-refractivity contribution in [3.63, 3.8) is 0 Å². The molecule has 2 heterocycles. The van der Waals surface area contributed by atoms with Gasteiger partial charge in [0.05, 0.1) is 26.7 Å². The Morgan fingerprint density at radius 1 is 1.07 bits per heavy atom. The van der Waals surface area contributed by atoms with Gasteiger partial charge in [0, 0.05) is 42.6 Å². The highest BCUT2D eigenvalue weighted by Gasteiger charge is 2.28. The maximum absolute atomic E-state index is 12.8. The summed E-state index contributed by atoms with van der Waals surface area (Å²) in [5, 5.41) is 3.13. The Bertz CT molecular complexity index is 874. The van der Waals surface area contributed by atoms with Crippen molar-refractivity contribution in [2.45, 2.75) is 31.7 Å². The number of quaternary nitrogens is 1. The van der Waals surface area contributed by atoms with Gasteiger partial charge in [0.15, 0.2) is 0 Å². The summed E-state index contributed by atoms with van der Waals surface area (Å²) in [5.41, 5.74) is 2.71. The summed E-state index contributed by atoms with van der Waals surface area (Å²) in [4.78, 5) is 28.0. The number of amides is 2. The molecule has 0 saturated carbocycles. The Morgan fingerprint density at radius 2 is 1.77 bits per heavy atom. The average Bonchev–Trinajstić information content (AvgIpc) is 3.46. The number of anilines is 1. The number of hydrogen-bond acceptors (Lipinski definition) is 3. The number of benzene rings is 2. The maximum Gasteiger partial charge on any atom is 0.251 e. The van der Waals surface area contributed by atoms with E-state index in [4.69, 9.17) is 4.74 Å². The third-order valence-electron chi connectivity index (χ3n) is 6.24. The van der Waals surface area contributed by atoms with E-state index < -0.39 is 0 Å². The second-order valence-corrected chi connectivity index (χ2v) is 8.10. The van der Waals surface area contributed by atoms with Crippen LogP contribution < -0.4 is 19.9 Å². The number of ether oxygens (including phenoxy) is 1. The number of rotatable bonds is 7. The van der Waals surface area contributed by atoms with Crippen LogP contribution in [0.2, 0.25) is 0 Å². The molecule has 158 valence electrons. The molecule has 1 atom stereocenters. The van der Waals surface area contributed by atoms with Gasteiger partial charge in [0.1, 0.15) is 11.8 Å². The summed E-state index contributed by atoms with van der Waals surface area (Å²) >= 11 is 0. The van der Waals surface area contributed by atoms with Crippen molar-refractivity contribution < 1.29 is 19.2 Å². The summed E-state index contributed by atoms with van der Waals surface area (Å²) in [6.45, 7) is 3.61.